The van der Waals surface area contributed by atoms with Crippen molar-refractivity contribution >= 4 is 33.5 Å². The average Bonchev–Trinajstić information content (AvgIpc) is 2.49. The van der Waals surface area contributed by atoms with Gasteiger partial charge in [-0.2, -0.15) is 0 Å². The highest BCUT2D eigenvalue weighted by Gasteiger charge is 2.25. The van der Waals surface area contributed by atoms with Crippen LogP contribution in [0.2, 0.25) is 5.02 Å². The molecule has 6 heteroatoms. The fourth-order valence-electron chi connectivity index (χ4n) is 2.49. The highest BCUT2D eigenvalue weighted by atomic mass is 79.9. The van der Waals surface area contributed by atoms with E-state index in [4.69, 9.17) is 16.7 Å². The van der Waals surface area contributed by atoms with Gasteiger partial charge in [0, 0.05) is 21.9 Å². The summed E-state index contributed by atoms with van der Waals surface area (Å²) >= 11 is 9.38. The normalized spacial score (nSPS) is 17.3. The van der Waals surface area contributed by atoms with Crippen molar-refractivity contribution in [3.05, 3.63) is 45.1 Å². The van der Waals surface area contributed by atoms with Crippen LogP contribution in [0.1, 0.15) is 17.7 Å². The van der Waals surface area contributed by atoms with Crippen LogP contribution in [-0.2, 0) is 17.6 Å². The summed E-state index contributed by atoms with van der Waals surface area (Å²) in [5, 5.41) is 9.73. The number of aliphatic carboxylic acids is 1. The van der Waals surface area contributed by atoms with Crippen molar-refractivity contribution in [2.24, 2.45) is 5.92 Å². The maximum Gasteiger partial charge on any atom is 0.306 e. The van der Waals surface area contributed by atoms with Gasteiger partial charge >= 0.3 is 5.97 Å². The maximum absolute atomic E-state index is 11.1. The molecular weight excluding hydrogens is 356 g/mol. The van der Waals surface area contributed by atoms with E-state index in [1.54, 1.807) is 12.3 Å². The van der Waals surface area contributed by atoms with E-state index in [0.717, 1.165) is 21.3 Å². The van der Waals surface area contributed by atoms with Crippen molar-refractivity contribution in [2.75, 3.05) is 0 Å². The molecule has 0 fully saturated rings. The highest BCUT2D eigenvalue weighted by Crippen LogP contribution is 2.29. The molecule has 1 N–H and O–H groups in total. The summed E-state index contributed by atoms with van der Waals surface area (Å²) in [5.74, 6) is -0.428. The molecule has 0 saturated carbocycles. The number of hydrogen-bond donors (Lipinski definition) is 1. The van der Waals surface area contributed by atoms with Crippen LogP contribution in [-0.4, -0.2) is 21.0 Å². The zero-order chi connectivity index (χ0) is 15.0. The molecule has 108 valence electrons. The minimum absolute atomic E-state index is 0.323. The minimum Gasteiger partial charge on any atom is -0.481 e. The van der Waals surface area contributed by atoms with Gasteiger partial charge < -0.3 is 5.11 Å². The van der Waals surface area contributed by atoms with Gasteiger partial charge in [-0.1, -0.05) is 11.6 Å². The Kier molecular flexibility index (Phi) is 3.95. The van der Waals surface area contributed by atoms with Crippen molar-refractivity contribution in [1.82, 2.24) is 9.97 Å². The molecule has 1 unspecified atom stereocenters. The number of aromatic nitrogens is 2. The first kappa shape index (κ1) is 14.5. The lowest BCUT2D eigenvalue weighted by Crippen LogP contribution is -2.23. The third-order valence-electron chi connectivity index (χ3n) is 3.68. The standard InChI is InChI=1S/C15H12BrClN2O2/c16-11-6-8(1-3-12(11)17)14-18-7-10-5-9(15(20)21)2-4-13(10)19-14/h1,3,6-7,9H,2,4-5H2,(H,20,21). The monoisotopic (exact) mass is 366 g/mol. The molecule has 0 bridgehead atoms. The third kappa shape index (κ3) is 2.94. The summed E-state index contributed by atoms with van der Waals surface area (Å²) < 4.78 is 0.800. The molecule has 1 aliphatic rings. The lowest BCUT2D eigenvalue weighted by atomic mass is 9.87. The van der Waals surface area contributed by atoms with Crippen molar-refractivity contribution in [2.45, 2.75) is 19.3 Å². The zero-order valence-electron chi connectivity index (χ0n) is 11.0. The molecule has 0 spiro atoms. The number of fused-ring (bicyclic) bond motifs is 1. The van der Waals surface area contributed by atoms with E-state index in [1.807, 2.05) is 12.1 Å². The van der Waals surface area contributed by atoms with Crippen molar-refractivity contribution < 1.29 is 9.90 Å². The number of nitrogens with zero attached hydrogens (tertiary/aromatic N) is 2. The van der Waals surface area contributed by atoms with Crippen LogP contribution in [0.5, 0.6) is 0 Å². The number of rotatable bonds is 2. The Labute approximate surface area is 135 Å². The Morgan fingerprint density at radius 3 is 2.95 bits per heavy atom. The lowest BCUT2D eigenvalue weighted by molar-refractivity contribution is -0.142. The van der Waals surface area contributed by atoms with Gasteiger partial charge in [0.05, 0.1) is 10.9 Å². The quantitative estimate of drug-likeness (QED) is 0.878. The van der Waals surface area contributed by atoms with Crippen LogP contribution < -0.4 is 0 Å². The smallest absolute Gasteiger partial charge is 0.306 e. The fraction of sp³-hybridized carbons (Fsp3) is 0.267. The van der Waals surface area contributed by atoms with Gasteiger partial charge in [-0.05, 0) is 59.0 Å². The van der Waals surface area contributed by atoms with E-state index in [-0.39, 0.29) is 5.92 Å². The van der Waals surface area contributed by atoms with E-state index in [0.29, 0.717) is 30.1 Å². The van der Waals surface area contributed by atoms with Crippen LogP contribution >= 0.6 is 27.5 Å². The second-order valence-corrected chi connectivity index (χ2v) is 6.33. The highest BCUT2D eigenvalue weighted by molar-refractivity contribution is 9.10. The topological polar surface area (TPSA) is 63.1 Å². The van der Waals surface area contributed by atoms with E-state index in [1.165, 1.54) is 0 Å². The van der Waals surface area contributed by atoms with Crippen molar-refractivity contribution in [1.29, 1.82) is 0 Å². The number of benzene rings is 1. The Bertz CT molecular complexity index is 721. The van der Waals surface area contributed by atoms with E-state index < -0.39 is 5.97 Å². The molecule has 1 atom stereocenters. The number of carboxylic acids is 1. The lowest BCUT2D eigenvalue weighted by Gasteiger charge is -2.20. The molecule has 4 nitrogen and oxygen atoms in total. The Balaban J connectivity index is 1.93. The SMILES string of the molecule is O=C(O)C1CCc2nc(-c3ccc(Cl)c(Br)c3)ncc2C1. The summed E-state index contributed by atoms with van der Waals surface area (Å²) in [6.45, 7) is 0. The van der Waals surface area contributed by atoms with E-state index in [9.17, 15) is 4.79 Å². The molecule has 0 aliphatic heterocycles. The molecule has 1 heterocycles. The molecule has 21 heavy (non-hydrogen) atoms. The molecular formula is C15H12BrClN2O2. The van der Waals surface area contributed by atoms with Crippen molar-refractivity contribution in [3.63, 3.8) is 0 Å². The fourth-order valence-corrected chi connectivity index (χ4v) is 2.99. The summed E-state index contributed by atoms with van der Waals surface area (Å²) in [6, 6.07) is 5.55. The molecule has 0 radical (unpaired) electrons. The van der Waals surface area contributed by atoms with Gasteiger partial charge in [-0.3, -0.25) is 4.79 Å². The third-order valence-corrected chi connectivity index (χ3v) is 4.89. The molecule has 0 saturated heterocycles. The van der Waals surface area contributed by atoms with Gasteiger partial charge in [0.15, 0.2) is 5.82 Å². The number of carbonyl (C=O) groups is 1. The second-order valence-electron chi connectivity index (χ2n) is 5.07. The number of halogens is 2. The van der Waals surface area contributed by atoms with Gasteiger partial charge in [-0.15, -0.1) is 0 Å². The van der Waals surface area contributed by atoms with Gasteiger partial charge in [0.2, 0.25) is 0 Å². The summed E-state index contributed by atoms with van der Waals surface area (Å²) in [4.78, 5) is 20.0. The van der Waals surface area contributed by atoms with Gasteiger partial charge in [0.1, 0.15) is 0 Å². The Morgan fingerprint density at radius 1 is 1.43 bits per heavy atom. The number of carboxylic acid groups (broad SMARTS) is 1. The van der Waals surface area contributed by atoms with Crippen LogP contribution in [0.25, 0.3) is 11.4 Å². The van der Waals surface area contributed by atoms with E-state index in [2.05, 4.69) is 25.9 Å². The maximum atomic E-state index is 11.1. The minimum atomic E-state index is -0.744. The first-order valence-electron chi connectivity index (χ1n) is 6.57. The molecule has 1 aromatic carbocycles. The molecule has 0 amide bonds. The van der Waals surface area contributed by atoms with Crippen LogP contribution in [0, 0.1) is 5.92 Å². The second kappa shape index (κ2) is 5.73. The van der Waals surface area contributed by atoms with E-state index >= 15 is 0 Å². The van der Waals surface area contributed by atoms with Crippen LogP contribution in [0.15, 0.2) is 28.9 Å². The zero-order valence-corrected chi connectivity index (χ0v) is 13.4. The first-order chi connectivity index (χ1) is 10.0. The Hall–Kier alpha value is -1.46. The Morgan fingerprint density at radius 2 is 2.24 bits per heavy atom. The summed E-state index contributed by atoms with van der Waals surface area (Å²) in [6.07, 6.45) is 3.56. The predicted octanol–water partition coefficient (Wildman–Crippen LogP) is 3.75. The predicted molar refractivity (Wildman–Crippen MR) is 83.3 cm³/mol. The average molecular weight is 368 g/mol. The summed E-state index contributed by atoms with van der Waals surface area (Å²) in [5.41, 5.74) is 2.77. The number of aryl methyl sites for hydroxylation is 1. The van der Waals surface area contributed by atoms with Crippen LogP contribution in [0.3, 0.4) is 0 Å². The van der Waals surface area contributed by atoms with Crippen LogP contribution in [0.4, 0.5) is 0 Å². The van der Waals surface area contributed by atoms with Crippen molar-refractivity contribution in [3.8, 4) is 11.4 Å². The number of hydrogen-bond acceptors (Lipinski definition) is 3. The van der Waals surface area contributed by atoms with Gasteiger partial charge in [-0.25, -0.2) is 9.97 Å². The first-order valence-corrected chi connectivity index (χ1v) is 7.74. The molecule has 1 aromatic heterocycles. The summed E-state index contributed by atoms with van der Waals surface area (Å²) in [7, 11) is 0. The van der Waals surface area contributed by atoms with Gasteiger partial charge in [0.25, 0.3) is 0 Å². The molecule has 1 aliphatic carbocycles. The molecule has 3 rings (SSSR count). The molecule has 2 aromatic rings. The largest absolute Gasteiger partial charge is 0.481 e.